The van der Waals surface area contributed by atoms with Crippen LogP contribution in [0.5, 0.6) is 11.5 Å². The van der Waals surface area contributed by atoms with E-state index in [1.165, 1.54) is 4.31 Å². The molecule has 0 saturated carbocycles. The summed E-state index contributed by atoms with van der Waals surface area (Å²) in [6, 6.07) is 5.49. The fourth-order valence-electron chi connectivity index (χ4n) is 2.16. The van der Waals surface area contributed by atoms with Gasteiger partial charge in [-0.25, -0.2) is 8.42 Å². The maximum Gasteiger partial charge on any atom is 0.231 e. The molecule has 118 valence electrons. The molecule has 0 bridgehead atoms. The lowest BCUT2D eigenvalue weighted by molar-refractivity contribution is 0.174. The quantitative estimate of drug-likeness (QED) is 0.719. The third-order valence-corrected chi connectivity index (χ3v) is 5.99. The second-order valence-electron chi connectivity index (χ2n) is 5.15. The Labute approximate surface area is 130 Å². The van der Waals surface area contributed by atoms with Gasteiger partial charge in [-0.15, -0.1) is 11.6 Å². The molecule has 21 heavy (non-hydrogen) atoms. The summed E-state index contributed by atoms with van der Waals surface area (Å²) in [6.07, 6.45) is 0. The molecule has 0 radical (unpaired) electrons. The van der Waals surface area contributed by atoms with Gasteiger partial charge in [-0.1, -0.05) is 19.9 Å². The summed E-state index contributed by atoms with van der Waals surface area (Å²) < 4.78 is 36.8. The van der Waals surface area contributed by atoms with E-state index < -0.39 is 10.0 Å². The first-order valence-corrected chi connectivity index (χ1v) is 9.03. The SMILES string of the molecule is CCN(Cc1ccc2c(c1)OCO2)S(=O)(=O)CC(C)CCl. The van der Waals surface area contributed by atoms with Gasteiger partial charge in [-0.2, -0.15) is 4.31 Å². The molecule has 5 nitrogen and oxygen atoms in total. The topological polar surface area (TPSA) is 55.8 Å². The highest BCUT2D eigenvalue weighted by molar-refractivity contribution is 7.89. The van der Waals surface area contributed by atoms with Crippen LogP contribution in [0.25, 0.3) is 0 Å². The van der Waals surface area contributed by atoms with Gasteiger partial charge < -0.3 is 9.47 Å². The van der Waals surface area contributed by atoms with Crippen LogP contribution in [0.4, 0.5) is 0 Å². The third-order valence-electron chi connectivity index (χ3n) is 3.30. The van der Waals surface area contributed by atoms with E-state index in [2.05, 4.69) is 0 Å². The molecule has 0 fully saturated rings. The number of fused-ring (bicyclic) bond motifs is 1. The zero-order valence-electron chi connectivity index (χ0n) is 12.2. The number of nitrogens with zero attached hydrogens (tertiary/aromatic N) is 1. The first-order valence-electron chi connectivity index (χ1n) is 6.88. The number of alkyl halides is 1. The Morgan fingerprint density at radius 2 is 2.05 bits per heavy atom. The van der Waals surface area contributed by atoms with Crippen molar-refractivity contribution in [3.05, 3.63) is 23.8 Å². The van der Waals surface area contributed by atoms with E-state index in [9.17, 15) is 8.42 Å². The smallest absolute Gasteiger partial charge is 0.231 e. The van der Waals surface area contributed by atoms with Gasteiger partial charge in [0.25, 0.3) is 0 Å². The predicted octanol–water partition coefficient (Wildman–Crippen LogP) is 2.44. The van der Waals surface area contributed by atoms with Crippen LogP contribution >= 0.6 is 11.6 Å². The maximum atomic E-state index is 12.4. The highest BCUT2D eigenvalue weighted by Crippen LogP contribution is 2.33. The molecule has 0 amide bonds. The molecule has 1 aromatic rings. The molecule has 7 heteroatoms. The normalized spacial score (nSPS) is 15.4. The second-order valence-corrected chi connectivity index (χ2v) is 7.47. The van der Waals surface area contributed by atoms with Crippen molar-refractivity contribution in [2.45, 2.75) is 20.4 Å². The van der Waals surface area contributed by atoms with Gasteiger partial charge in [0, 0.05) is 19.0 Å². The van der Waals surface area contributed by atoms with Crippen LogP contribution in [0.1, 0.15) is 19.4 Å². The number of sulfonamides is 1. The summed E-state index contributed by atoms with van der Waals surface area (Å²) in [5.41, 5.74) is 0.878. The molecule has 0 aromatic heterocycles. The summed E-state index contributed by atoms with van der Waals surface area (Å²) in [7, 11) is -3.32. The lowest BCUT2D eigenvalue weighted by Gasteiger charge is -2.22. The average molecular weight is 334 g/mol. The van der Waals surface area contributed by atoms with Crippen LogP contribution in [-0.4, -0.2) is 37.7 Å². The summed E-state index contributed by atoms with van der Waals surface area (Å²) in [6.45, 7) is 4.62. The van der Waals surface area contributed by atoms with Crippen LogP contribution < -0.4 is 9.47 Å². The highest BCUT2D eigenvalue weighted by atomic mass is 35.5. The van der Waals surface area contributed by atoms with Crippen molar-refractivity contribution in [1.82, 2.24) is 4.31 Å². The number of rotatable bonds is 7. The minimum atomic E-state index is -3.32. The highest BCUT2D eigenvalue weighted by Gasteiger charge is 2.24. The Morgan fingerprint density at radius 3 is 2.71 bits per heavy atom. The number of benzene rings is 1. The van der Waals surface area contributed by atoms with Gasteiger partial charge in [-0.05, 0) is 23.6 Å². The zero-order valence-corrected chi connectivity index (χ0v) is 13.8. The molecular formula is C14H20ClNO4S. The summed E-state index contributed by atoms with van der Waals surface area (Å²) >= 11 is 5.72. The summed E-state index contributed by atoms with van der Waals surface area (Å²) in [4.78, 5) is 0. The van der Waals surface area contributed by atoms with E-state index in [0.717, 1.165) is 5.56 Å². The molecular weight excluding hydrogens is 314 g/mol. The van der Waals surface area contributed by atoms with Gasteiger partial charge in [0.15, 0.2) is 11.5 Å². The van der Waals surface area contributed by atoms with Crippen LogP contribution in [0.15, 0.2) is 18.2 Å². The molecule has 1 unspecified atom stereocenters. The Hall–Kier alpha value is -0.980. The largest absolute Gasteiger partial charge is 0.454 e. The van der Waals surface area contributed by atoms with Gasteiger partial charge in [-0.3, -0.25) is 0 Å². The van der Waals surface area contributed by atoms with Crippen molar-refractivity contribution in [1.29, 1.82) is 0 Å². The minimum absolute atomic E-state index is 0.0644. The molecule has 0 N–H and O–H groups in total. The van der Waals surface area contributed by atoms with Gasteiger partial charge in [0.1, 0.15) is 0 Å². The number of halogens is 1. The molecule has 1 aliphatic heterocycles. The van der Waals surface area contributed by atoms with E-state index in [1.54, 1.807) is 6.07 Å². The lowest BCUT2D eigenvalue weighted by atomic mass is 10.2. The van der Waals surface area contributed by atoms with Crippen LogP contribution in [0, 0.1) is 5.92 Å². The molecule has 1 aromatic carbocycles. The summed E-state index contributed by atoms with van der Waals surface area (Å²) in [5, 5.41) is 0. The molecule has 1 heterocycles. The van der Waals surface area contributed by atoms with Crippen LogP contribution in [0.2, 0.25) is 0 Å². The van der Waals surface area contributed by atoms with Crippen molar-refractivity contribution in [3.63, 3.8) is 0 Å². The average Bonchev–Trinajstić information content (AvgIpc) is 2.91. The van der Waals surface area contributed by atoms with Crippen LogP contribution in [0.3, 0.4) is 0 Å². The Kier molecular flexibility index (Phi) is 5.35. The lowest BCUT2D eigenvalue weighted by Crippen LogP contribution is -2.34. The first-order chi connectivity index (χ1) is 9.96. The van der Waals surface area contributed by atoms with Crippen molar-refractivity contribution in [3.8, 4) is 11.5 Å². The van der Waals surface area contributed by atoms with E-state index in [0.29, 0.717) is 30.5 Å². The minimum Gasteiger partial charge on any atom is -0.454 e. The van der Waals surface area contributed by atoms with Crippen molar-refractivity contribution >= 4 is 21.6 Å². The van der Waals surface area contributed by atoms with E-state index in [1.807, 2.05) is 26.0 Å². The zero-order chi connectivity index (χ0) is 15.5. The van der Waals surface area contributed by atoms with Crippen molar-refractivity contribution in [2.75, 3.05) is 25.0 Å². The number of hydrogen-bond donors (Lipinski definition) is 0. The molecule has 0 saturated heterocycles. The van der Waals surface area contributed by atoms with Gasteiger partial charge in [0.05, 0.1) is 5.75 Å². The Balaban J connectivity index is 2.12. The Bertz CT molecular complexity index is 591. The van der Waals surface area contributed by atoms with Gasteiger partial charge in [0.2, 0.25) is 16.8 Å². The fraction of sp³-hybridized carbons (Fsp3) is 0.571. The maximum absolute atomic E-state index is 12.4. The molecule has 0 spiro atoms. The van der Waals surface area contributed by atoms with E-state index in [-0.39, 0.29) is 18.5 Å². The standard InChI is InChI=1S/C14H20ClNO4S/c1-3-16(21(17,18)9-11(2)7-15)8-12-4-5-13-14(6-12)20-10-19-13/h4-6,11H,3,7-10H2,1-2H3. The number of ether oxygens (including phenoxy) is 2. The monoisotopic (exact) mass is 333 g/mol. The predicted molar refractivity (Wildman–Crippen MR) is 82.3 cm³/mol. The second kappa shape index (κ2) is 6.85. The Morgan fingerprint density at radius 1 is 1.33 bits per heavy atom. The number of hydrogen-bond acceptors (Lipinski definition) is 4. The van der Waals surface area contributed by atoms with E-state index >= 15 is 0 Å². The fourth-order valence-corrected chi connectivity index (χ4v) is 4.18. The molecule has 2 rings (SSSR count). The molecule has 0 aliphatic carbocycles. The summed E-state index contributed by atoms with van der Waals surface area (Å²) in [5.74, 6) is 1.69. The molecule has 1 atom stereocenters. The molecule has 1 aliphatic rings. The van der Waals surface area contributed by atoms with Crippen molar-refractivity contribution < 1.29 is 17.9 Å². The first kappa shape index (κ1) is 16.4. The van der Waals surface area contributed by atoms with Crippen LogP contribution in [-0.2, 0) is 16.6 Å². The third kappa shape index (κ3) is 4.02. The van der Waals surface area contributed by atoms with Gasteiger partial charge >= 0.3 is 0 Å². The van der Waals surface area contributed by atoms with Crippen molar-refractivity contribution in [2.24, 2.45) is 5.92 Å². The van der Waals surface area contributed by atoms with E-state index in [4.69, 9.17) is 21.1 Å².